The van der Waals surface area contributed by atoms with Crippen molar-refractivity contribution in [1.82, 2.24) is 10.6 Å². The van der Waals surface area contributed by atoms with Gasteiger partial charge in [-0.3, -0.25) is 9.59 Å². The first-order valence-electron chi connectivity index (χ1n) is 9.50. The van der Waals surface area contributed by atoms with E-state index in [0.717, 1.165) is 5.56 Å². The molecule has 1 aromatic rings. The van der Waals surface area contributed by atoms with Crippen molar-refractivity contribution in [3.8, 4) is 0 Å². The van der Waals surface area contributed by atoms with Gasteiger partial charge in [0.05, 0.1) is 6.04 Å². The van der Waals surface area contributed by atoms with Crippen LogP contribution in [0, 0.1) is 11.3 Å². The highest BCUT2D eigenvalue weighted by Gasteiger charge is 2.22. The van der Waals surface area contributed by atoms with Gasteiger partial charge in [-0.1, -0.05) is 79.7 Å². The lowest BCUT2D eigenvalue weighted by Gasteiger charge is -2.25. The highest BCUT2D eigenvalue weighted by molar-refractivity contribution is 5.82. The molecule has 0 spiro atoms. The second-order valence-electron chi connectivity index (χ2n) is 9.42. The molecule has 0 saturated carbocycles. The lowest BCUT2D eigenvalue weighted by Crippen LogP contribution is -2.38. The summed E-state index contributed by atoms with van der Waals surface area (Å²) in [5.41, 5.74) is 2.06. The van der Waals surface area contributed by atoms with Gasteiger partial charge in [-0.15, -0.1) is 0 Å². The van der Waals surface area contributed by atoms with E-state index in [-0.39, 0.29) is 35.6 Å². The quantitative estimate of drug-likeness (QED) is 0.792. The topological polar surface area (TPSA) is 58.2 Å². The molecule has 1 unspecified atom stereocenters. The van der Waals surface area contributed by atoms with Crippen LogP contribution < -0.4 is 10.6 Å². The monoisotopic (exact) mass is 360 g/mol. The summed E-state index contributed by atoms with van der Waals surface area (Å²) in [7, 11) is 0. The van der Waals surface area contributed by atoms with Crippen molar-refractivity contribution in [2.45, 2.75) is 73.3 Å². The van der Waals surface area contributed by atoms with Crippen LogP contribution in [0.5, 0.6) is 0 Å². The molecule has 1 aromatic carbocycles. The molecule has 0 aliphatic rings. The lowest BCUT2D eigenvalue weighted by atomic mass is 9.85. The minimum Gasteiger partial charge on any atom is -0.355 e. The standard InChI is InChI=1S/C22H36N2O2/c1-15(2)19(16-9-11-17(12-10-16)21(3,4)5)24-18(25)13-14-23-20(26)22(6,7)8/h9-12,15,19H,13-14H2,1-8H3,(H,23,26)(H,24,25). The third-order valence-corrected chi connectivity index (χ3v) is 4.44. The van der Waals surface area contributed by atoms with Crippen LogP contribution in [0.25, 0.3) is 0 Å². The summed E-state index contributed by atoms with van der Waals surface area (Å²) in [4.78, 5) is 24.2. The zero-order chi connectivity index (χ0) is 20.1. The van der Waals surface area contributed by atoms with Gasteiger partial charge >= 0.3 is 0 Å². The smallest absolute Gasteiger partial charge is 0.225 e. The minimum absolute atomic E-state index is 0.0326. The Kier molecular flexibility index (Phi) is 7.43. The largest absolute Gasteiger partial charge is 0.355 e. The van der Waals surface area contributed by atoms with E-state index in [9.17, 15) is 9.59 Å². The Morgan fingerprint density at radius 1 is 0.962 bits per heavy atom. The summed E-state index contributed by atoms with van der Waals surface area (Å²) in [5, 5.41) is 5.93. The van der Waals surface area contributed by atoms with Crippen molar-refractivity contribution >= 4 is 11.8 Å². The SMILES string of the molecule is CC(C)C(NC(=O)CCNC(=O)C(C)(C)C)c1ccc(C(C)(C)C)cc1. The molecule has 0 fully saturated rings. The van der Waals surface area contributed by atoms with Gasteiger partial charge in [0.2, 0.25) is 11.8 Å². The van der Waals surface area contributed by atoms with E-state index >= 15 is 0 Å². The first kappa shape index (κ1) is 22.2. The number of hydrogen-bond donors (Lipinski definition) is 2. The van der Waals surface area contributed by atoms with Gasteiger partial charge in [0.25, 0.3) is 0 Å². The van der Waals surface area contributed by atoms with Gasteiger partial charge in [0.1, 0.15) is 0 Å². The molecule has 0 bridgehead atoms. The molecule has 0 saturated heterocycles. The van der Waals surface area contributed by atoms with Gasteiger partial charge in [-0.25, -0.2) is 0 Å². The Morgan fingerprint density at radius 3 is 1.92 bits per heavy atom. The average molecular weight is 361 g/mol. The van der Waals surface area contributed by atoms with Crippen molar-refractivity contribution in [2.24, 2.45) is 11.3 Å². The number of nitrogens with one attached hydrogen (secondary N) is 2. The van der Waals surface area contributed by atoms with Crippen LogP contribution in [-0.2, 0) is 15.0 Å². The van der Waals surface area contributed by atoms with Crippen molar-refractivity contribution in [1.29, 1.82) is 0 Å². The maximum absolute atomic E-state index is 12.3. The van der Waals surface area contributed by atoms with Crippen LogP contribution in [0.2, 0.25) is 0 Å². The molecule has 1 rings (SSSR count). The fourth-order valence-corrected chi connectivity index (χ4v) is 2.63. The Balaban J connectivity index is 2.68. The summed E-state index contributed by atoms with van der Waals surface area (Å²) < 4.78 is 0. The zero-order valence-electron chi connectivity index (χ0n) is 17.7. The summed E-state index contributed by atoms with van der Waals surface area (Å²) in [5.74, 6) is 0.199. The Bertz CT molecular complexity index is 605. The summed E-state index contributed by atoms with van der Waals surface area (Å²) in [6.45, 7) is 16.7. The molecule has 0 heterocycles. The first-order valence-corrected chi connectivity index (χ1v) is 9.50. The Labute approximate surface area is 159 Å². The van der Waals surface area contributed by atoms with Gasteiger partial charge in [-0.2, -0.15) is 0 Å². The van der Waals surface area contributed by atoms with E-state index in [1.807, 2.05) is 20.8 Å². The van der Waals surface area contributed by atoms with E-state index in [4.69, 9.17) is 0 Å². The van der Waals surface area contributed by atoms with Gasteiger partial charge in [0.15, 0.2) is 0 Å². The number of hydrogen-bond acceptors (Lipinski definition) is 2. The first-order chi connectivity index (χ1) is 11.8. The maximum Gasteiger partial charge on any atom is 0.225 e. The van der Waals surface area contributed by atoms with Crippen molar-refractivity contribution < 1.29 is 9.59 Å². The highest BCUT2D eigenvalue weighted by Crippen LogP contribution is 2.26. The molecule has 26 heavy (non-hydrogen) atoms. The molecular weight excluding hydrogens is 324 g/mol. The maximum atomic E-state index is 12.3. The van der Waals surface area contributed by atoms with Crippen LogP contribution >= 0.6 is 0 Å². The second kappa shape index (κ2) is 8.70. The molecular formula is C22H36N2O2. The van der Waals surface area contributed by atoms with Crippen molar-refractivity contribution in [3.63, 3.8) is 0 Å². The number of benzene rings is 1. The predicted molar refractivity (Wildman–Crippen MR) is 108 cm³/mol. The van der Waals surface area contributed by atoms with Gasteiger partial charge in [-0.05, 0) is 22.5 Å². The van der Waals surface area contributed by atoms with E-state index in [1.54, 1.807) is 0 Å². The van der Waals surface area contributed by atoms with Crippen LogP contribution in [0.15, 0.2) is 24.3 Å². The normalized spacial score (nSPS) is 13.4. The second-order valence-corrected chi connectivity index (χ2v) is 9.42. The number of carbonyl (C=O) groups is 2. The zero-order valence-corrected chi connectivity index (χ0v) is 17.7. The highest BCUT2D eigenvalue weighted by atomic mass is 16.2. The molecule has 4 nitrogen and oxygen atoms in total. The molecule has 4 heteroatoms. The number of carbonyl (C=O) groups excluding carboxylic acids is 2. The van der Waals surface area contributed by atoms with Crippen molar-refractivity contribution in [2.75, 3.05) is 6.54 Å². The molecule has 0 radical (unpaired) electrons. The van der Waals surface area contributed by atoms with Gasteiger partial charge in [0, 0.05) is 18.4 Å². The van der Waals surface area contributed by atoms with Gasteiger partial charge < -0.3 is 10.6 Å². The lowest BCUT2D eigenvalue weighted by molar-refractivity contribution is -0.128. The summed E-state index contributed by atoms with van der Waals surface area (Å²) >= 11 is 0. The number of amides is 2. The minimum atomic E-state index is -0.439. The molecule has 2 N–H and O–H groups in total. The Hall–Kier alpha value is -1.84. The van der Waals surface area contributed by atoms with E-state index in [0.29, 0.717) is 6.54 Å². The van der Waals surface area contributed by atoms with Crippen LogP contribution in [0.3, 0.4) is 0 Å². The predicted octanol–water partition coefficient (Wildman–Crippen LogP) is 4.35. The molecule has 0 aliphatic carbocycles. The van der Waals surface area contributed by atoms with E-state index in [2.05, 4.69) is 69.5 Å². The molecule has 0 aliphatic heterocycles. The van der Waals surface area contributed by atoms with E-state index < -0.39 is 5.41 Å². The summed E-state index contributed by atoms with van der Waals surface area (Å²) in [6, 6.07) is 8.45. The third-order valence-electron chi connectivity index (χ3n) is 4.44. The Morgan fingerprint density at radius 2 is 1.50 bits per heavy atom. The fraction of sp³-hybridized carbons (Fsp3) is 0.636. The van der Waals surface area contributed by atoms with Crippen LogP contribution in [0.1, 0.15) is 79.0 Å². The molecule has 0 aromatic heterocycles. The van der Waals surface area contributed by atoms with Crippen molar-refractivity contribution in [3.05, 3.63) is 35.4 Å². The summed E-state index contributed by atoms with van der Waals surface area (Å²) in [6.07, 6.45) is 0.283. The third kappa shape index (κ3) is 6.81. The van der Waals surface area contributed by atoms with Crippen LogP contribution in [-0.4, -0.2) is 18.4 Å². The molecule has 2 amide bonds. The molecule has 146 valence electrons. The van der Waals surface area contributed by atoms with E-state index in [1.165, 1.54) is 5.56 Å². The number of rotatable bonds is 6. The molecule has 1 atom stereocenters. The fourth-order valence-electron chi connectivity index (χ4n) is 2.63. The van der Waals surface area contributed by atoms with Crippen LogP contribution in [0.4, 0.5) is 0 Å². The average Bonchev–Trinajstić information content (AvgIpc) is 2.50.